The molecule has 0 aliphatic heterocycles. The molecule has 0 spiro atoms. The number of halogens is 2. The summed E-state index contributed by atoms with van der Waals surface area (Å²) in [7, 11) is -3.88. The van der Waals surface area contributed by atoms with E-state index in [4.69, 9.17) is 23.2 Å². The summed E-state index contributed by atoms with van der Waals surface area (Å²) < 4.78 is 27.9. The van der Waals surface area contributed by atoms with Gasteiger partial charge in [-0.2, -0.15) is 4.72 Å². The Kier molecular flexibility index (Phi) is 6.06. The Morgan fingerprint density at radius 3 is 2.24 bits per heavy atom. The van der Waals surface area contributed by atoms with Gasteiger partial charge in [0.2, 0.25) is 10.0 Å². The van der Waals surface area contributed by atoms with Crippen molar-refractivity contribution >= 4 is 39.0 Å². The minimum absolute atomic E-state index is 0.0832. The molecule has 0 saturated carbocycles. The minimum atomic E-state index is -3.88. The fourth-order valence-electron chi connectivity index (χ4n) is 2.20. The van der Waals surface area contributed by atoms with Crippen molar-refractivity contribution in [1.29, 1.82) is 0 Å². The van der Waals surface area contributed by atoms with Crippen LogP contribution in [0.5, 0.6) is 0 Å². The molecule has 0 aromatic heterocycles. The maximum Gasteiger partial charge on any atom is 0.241 e. The van der Waals surface area contributed by atoms with Crippen LogP contribution in [0.25, 0.3) is 0 Å². The summed E-state index contributed by atoms with van der Waals surface area (Å²) in [5.74, 6) is -0.345. The number of hydrogen-bond donors (Lipinski definition) is 1. The molecule has 0 aliphatic rings. The maximum atomic E-state index is 12.7. The van der Waals surface area contributed by atoms with Crippen LogP contribution < -0.4 is 4.72 Å². The monoisotopic (exact) mass is 397 g/mol. The highest BCUT2D eigenvalue weighted by Gasteiger charge is 2.27. The van der Waals surface area contributed by atoms with Crippen LogP contribution in [0.4, 0.5) is 0 Å². The third kappa shape index (κ3) is 4.70. The molecule has 0 amide bonds. The average Bonchev–Trinajstić information content (AvgIpc) is 2.53. The zero-order valence-electron chi connectivity index (χ0n) is 13.7. The highest BCUT2D eigenvalue weighted by atomic mass is 35.5. The van der Waals surface area contributed by atoms with Crippen LogP contribution in [0.3, 0.4) is 0 Å². The summed E-state index contributed by atoms with van der Waals surface area (Å²) in [6.45, 7) is 6.90. The number of rotatable bonds is 6. The van der Waals surface area contributed by atoms with Gasteiger partial charge in [-0.05, 0) is 43.7 Å². The fourth-order valence-corrected chi connectivity index (χ4v) is 3.93. The predicted molar refractivity (Wildman–Crippen MR) is 101 cm³/mol. The molecule has 0 aliphatic carbocycles. The summed E-state index contributed by atoms with van der Waals surface area (Å²) in [6.07, 6.45) is 0. The van der Waals surface area contributed by atoms with E-state index in [0.29, 0.717) is 10.6 Å². The molecule has 132 valence electrons. The van der Waals surface area contributed by atoms with E-state index in [9.17, 15) is 13.2 Å². The summed E-state index contributed by atoms with van der Waals surface area (Å²) in [5.41, 5.74) is 1.42. The van der Waals surface area contributed by atoms with Crippen LogP contribution >= 0.6 is 23.2 Å². The van der Waals surface area contributed by atoms with Gasteiger partial charge in [0, 0.05) is 15.6 Å². The molecular weight excluding hydrogens is 381 g/mol. The van der Waals surface area contributed by atoms with E-state index in [-0.39, 0.29) is 21.3 Å². The van der Waals surface area contributed by atoms with Crippen LogP contribution in [0.2, 0.25) is 10.0 Å². The highest BCUT2D eigenvalue weighted by Crippen LogP contribution is 2.31. The van der Waals surface area contributed by atoms with Crippen LogP contribution in [-0.4, -0.2) is 14.2 Å². The van der Waals surface area contributed by atoms with Crippen molar-refractivity contribution in [3.8, 4) is 0 Å². The van der Waals surface area contributed by atoms with Gasteiger partial charge in [-0.15, -0.1) is 0 Å². The molecular formula is C18H17Cl2NO3S. The summed E-state index contributed by atoms with van der Waals surface area (Å²) in [4.78, 5) is 11.9. The van der Waals surface area contributed by atoms with E-state index in [1.54, 1.807) is 24.3 Å². The molecule has 0 bridgehead atoms. The second kappa shape index (κ2) is 7.70. The molecule has 0 saturated heterocycles. The van der Waals surface area contributed by atoms with Crippen molar-refractivity contribution in [2.45, 2.75) is 24.8 Å². The Hall–Kier alpha value is -1.66. The van der Waals surface area contributed by atoms with Crippen LogP contribution in [-0.2, 0) is 14.8 Å². The zero-order chi connectivity index (χ0) is 18.8. The minimum Gasteiger partial charge on any atom is -0.295 e. The fraction of sp³-hybridized carbons (Fsp3) is 0.167. The van der Waals surface area contributed by atoms with Gasteiger partial charge < -0.3 is 0 Å². The van der Waals surface area contributed by atoms with E-state index < -0.39 is 16.1 Å². The van der Waals surface area contributed by atoms with Gasteiger partial charge in [0.05, 0.1) is 10.9 Å². The molecule has 1 atom stereocenters. The van der Waals surface area contributed by atoms with Gasteiger partial charge in [0.25, 0.3) is 0 Å². The Balaban J connectivity index is 2.48. The molecule has 0 heterocycles. The molecule has 2 rings (SSSR count). The molecule has 25 heavy (non-hydrogen) atoms. The summed E-state index contributed by atoms with van der Waals surface area (Å²) >= 11 is 12.1. The molecule has 4 nitrogen and oxygen atoms in total. The Morgan fingerprint density at radius 1 is 1.12 bits per heavy atom. The number of carbonyl (C=O) groups excluding carboxylic acids is 1. The number of carbonyl (C=O) groups is 1. The van der Waals surface area contributed by atoms with Gasteiger partial charge >= 0.3 is 0 Å². The lowest BCUT2D eigenvalue weighted by atomic mass is 9.98. The van der Waals surface area contributed by atoms with Gasteiger partial charge in [-0.3, -0.25) is 4.79 Å². The number of nitrogens with one attached hydrogen (secondary N) is 1. The number of benzene rings is 2. The smallest absolute Gasteiger partial charge is 0.241 e. The largest absolute Gasteiger partial charge is 0.295 e. The van der Waals surface area contributed by atoms with Crippen molar-refractivity contribution in [2.24, 2.45) is 0 Å². The number of ketones is 1. The second-order valence-corrected chi connectivity index (χ2v) is 8.17. The third-order valence-corrected chi connectivity index (χ3v) is 5.68. The molecule has 0 radical (unpaired) electrons. The van der Waals surface area contributed by atoms with Crippen LogP contribution in [0, 0.1) is 6.92 Å². The van der Waals surface area contributed by atoms with Gasteiger partial charge in [-0.25, -0.2) is 8.42 Å². The van der Waals surface area contributed by atoms with Crippen molar-refractivity contribution < 1.29 is 13.2 Å². The van der Waals surface area contributed by atoms with Crippen molar-refractivity contribution in [2.75, 3.05) is 0 Å². The molecule has 1 N–H and O–H groups in total. The second-order valence-electron chi connectivity index (χ2n) is 5.61. The zero-order valence-corrected chi connectivity index (χ0v) is 16.0. The Morgan fingerprint density at radius 2 is 1.72 bits per heavy atom. The first kappa shape index (κ1) is 19.7. The van der Waals surface area contributed by atoms with E-state index in [1.807, 2.05) is 6.92 Å². The first-order valence-electron chi connectivity index (χ1n) is 7.35. The van der Waals surface area contributed by atoms with E-state index in [0.717, 1.165) is 5.56 Å². The highest BCUT2D eigenvalue weighted by molar-refractivity contribution is 7.89. The summed E-state index contributed by atoms with van der Waals surface area (Å²) in [5, 5.41) is 0.647. The molecule has 2 aromatic carbocycles. The quantitative estimate of drug-likeness (QED) is 0.731. The van der Waals surface area contributed by atoms with Gasteiger partial charge in [0.1, 0.15) is 0 Å². The van der Waals surface area contributed by atoms with Crippen LogP contribution in [0.1, 0.15) is 24.1 Å². The Labute approximate surface area is 157 Å². The molecule has 0 unspecified atom stereocenters. The number of sulfonamides is 1. The van der Waals surface area contributed by atoms with Gasteiger partial charge in [0.15, 0.2) is 5.78 Å². The Bertz CT molecular complexity index is 922. The average molecular weight is 398 g/mol. The van der Waals surface area contributed by atoms with Gasteiger partial charge in [-0.1, -0.05) is 53.5 Å². The number of Topliss-reactive ketones (excluding diaryl/α,β-unsaturated/α-hetero) is 1. The lowest BCUT2D eigenvalue weighted by Gasteiger charge is -2.21. The molecule has 2 aromatic rings. The lowest BCUT2D eigenvalue weighted by Crippen LogP contribution is -2.31. The standard InChI is InChI=1S/C18H17Cl2NO3S/c1-11-4-7-15(8-5-11)25(23,24)21-18(12(2)13(3)22)16-9-6-14(19)10-17(16)20/h4-10,18,21H,2H2,1,3H3/t18-/m1/s1. The first-order chi connectivity index (χ1) is 11.6. The topological polar surface area (TPSA) is 63.2 Å². The SMILES string of the molecule is C=C(C(C)=O)[C@@H](NS(=O)(=O)c1ccc(C)cc1)c1ccc(Cl)cc1Cl. The van der Waals surface area contributed by atoms with E-state index in [2.05, 4.69) is 11.3 Å². The normalized spacial score (nSPS) is 12.6. The number of hydrogen-bond acceptors (Lipinski definition) is 3. The van der Waals surface area contributed by atoms with Crippen molar-refractivity contribution in [1.82, 2.24) is 4.72 Å². The first-order valence-corrected chi connectivity index (χ1v) is 9.59. The van der Waals surface area contributed by atoms with Crippen LogP contribution in [0.15, 0.2) is 59.5 Å². The third-order valence-electron chi connectivity index (χ3n) is 3.68. The van der Waals surface area contributed by atoms with Crippen molar-refractivity contribution in [3.63, 3.8) is 0 Å². The lowest BCUT2D eigenvalue weighted by molar-refractivity contribution is -0.113. The van der Waals surface area contributed by atoms with E-state index >= 15 is 0 Å². The predicted octanol–water partition coefficient (Wildman–Crippen LogP) is 4.47. The molecule has 0 fully saturated rings. The maximum absolute atomic E-state index is 12.7. The number of aryl methyl sites for hydroxylation is 1. The molecule has 7 heteroatoms. The van der Waals surface area contributed by atoms with Crippen molar-refractivity contribution in [3.05, 3.63) is 75.8 Å². The van der Waals surface area contributed by atoms with E-state index in [1.165, 1.54) is 25.1 Å². The summed E-state index contributed by atoms with van der Waals surface area (Å²) in [6, 6.07) is 10.0.